The fourth-order valence-corrected chi connectivity index (χ4v) is 5.15. The highest BCUT2D eigenvalue weighted by Crippen LogP contribution is 2.55. The fourth-order valence-electron chi connectivity index (χ4n) is 2.58. The molecule has 9 nitrogen and oxygen atoms in total. The van der Waals surface area contributed by atoms with E-state index in [-0.39, 0.29) is 21.1 Å². The lowest BCUT2D eigenvalue weighted by Crippen LogP contribution is -2.20. The van der Waals surface area contributed by atoms with Gasteiger partial charge in [-0.25, -0.2) is 9.59 Å². The molecule has 2 aliphatic heterocycles. The summed E-state index contributed by atoms with van der Waals surface area (Å²) < 4.78 is 9.74. The van der Waals surface area contributed by atoms with Gasteiger partial charge in [0.15, 0.2) is 0 Å². The fraction of sp³-hybridized carbons (Fsp3) is 0.188. The van der Waals surface area contributed by atoms with Crippen LogP contribution in [0.1, 0.15) is 5.56 Å². The number of thioether (sulfide) groups is 2. The van der Waals surface area contributed by atoms with Crippen molar-refractivity contribution in [2.75, 3.05) is 26.2 Å². The Morgan fingerprint density at radius 1 is 1.11 bits per heavy atom. The van der Waals surface area contributed by atoms with Crippen LogP contribution in [0.4, 0.5) is 11.4 Å². The SMILES string of the molecule is COC(=O)C1=C(C(=O)OC)SC(=C2C(=O)N(C)c3ccc([N+](=O)[O-])cc32)S1. The highest BCUT2D eigenvalue weighted by molar-refractivity contribution is 8.29. The number of rotatable bonds is 3. The van der Waals surface area contributed by atoms with Crippen molar-refractivity contribution in [3.05, 3.63) is 47.9 Å². The first-order valence-electron chi connectivity index (χ1n) is 7.37. The highest BCUT2D eigenvalue weighted by atomic mass is 32.2. The molecule has 2 aliphatic rings. The number of fused-ring (bicyclic) bond motifs is 1. The molecule has 1 aromatic rings. The van der Waals surface area contributed by atoms with Gasteiger partial charge in [0, 0.05) is 24.7 Å². The largest absolute Gasteiger partial charge is 0.465 e. The van der Waals surface area contributed by atoms with Gasteiger partial charge in [0.1, 0.15) is 9.81 Å². The lowest BCUT2D eigenvalue weighted by molar-refractivity contribution is -0.384. The molecule has 0 atom stereocenters. The molecule has 1 amide bonds. The topological polar surface area (TPSA) is 116 Å². The summed E-state index contributed by atoms with van der Waals surface area (Å²) in [6, 6.07) is 4.09. The number of nitrogens with zero attached hydrogens (tertiary/aromatic N) is 2. The van der Waals surface area contributed by atoms with Crippen molar-refractivity contribution >= 4 is 58.3 Å². The van der Waals surface area contributed by atoms with Gasteiger partial charge in [0.05, 0.1) is 34.6 Å². The Hall–Kier alpha value is -2.79. The molecule has 140 valence electrons. The van der Waals surface area contributed by atoms with Crippen LogP contribution in [0, 0.1) is 10.1 Å². The van der Waals surface area contributed by atoms with Crippen LogP contribution < -0.4 is 4.90 Å². The van der Waals surface area contributed by atoms with Crippen LogP contribution in [0.15, 0.2) is 32.2 Å². The van der Waals surface area contributed by atoms with Gasteiger partial charge in [-0.1, -0.05) is 23.5 Å². The number of likely N-dealkylation sites (N-methyl/N-ethyl adjacent to an activating group) is 1. The summed E-state index contributed by atoms with van der Waals surface area (Å²) in [5.74, 6) is -1.86. The molecule has 0 fully saturated rings. The Bertz CT molecular complexity index is 938. The minimum absolute atomic E-state index is 0.00573. The number of nitro groups is 1. The van der Waals surface area contributed by atoms with E-state index in [2.05, 4.69) is 0 Å². The number of anilines is 1. The summed E-state index contributed by atoms with van der Waals surface area (Å²) in [5, 5.41) is 11.1. The van der Waals surface area contributed by atoms with Gasteiger partial charge in [-0.05, 0) is 6.07 Å². The van der Waals surface area contributed by atoms with Crippen molar-refractivity contribution in [1.82, 2.24) is 0 Å². The van der Waals surface area contributed by atoms with Crippen LogP contribution in [0.5, 0.6) is 0 Å². The number of nitro benzene ring substituents is 1. The predicted octanol–water partition coefficient (Wildman–Crippen LogP) is 2.28. The zero-order valence-electron chi connectivity index (χ0n) is 14.3. The Labute approximate surface area is 161 Å². The minimum atomic E-state index is -0.735. The number of non-ortho nitro benzene ring substituents is 1. The number of hydrogen-bond donors (Lipinski definition) is 0. The molecule has 0 N–H and O–H groups in total. The zero-order valence-corrected chi connectivity index (χ0v) is 15.9. The standard InChI is InChI=1S/C16H12N2O7S2/c1-17-9-5-4-7(18(22)23)6-8(9)10(13(17)19)16-26-11(14(20)24-2)12(27-16)15(21)25-3/h4-6H,1-3H3. The lowest BCUT2D eigenvalue weighted by Gasteiger charge is -2.08. The van der Waals surface area contributed by atoms with E-state index < -0.39 is 22.8 Å². The molecule has 0 spiro atoms. The maximum Gasteiger partial charge on any atom is 0.346 e. The number of carbonyl (C=O) groups excluding carboxylic acids is 3. The molecule has 0 saturated heterocycles. The van der Waals surface area contributed by atoms with E-state index in [1.165, 1.54) is 37.3 Å². The summed E-state index contributed by atoms with van der Waals surface area (Å²) >= 11 is 1.81. The second kappa shape index (κ2) is 7.08. The van der Waals surface area contributed by atoms with Crippen molar-refractivity contribution in [2.24, 2.45) is 0 Å². The maximum absolute atomic E-state index is 12.7. The number of hydrogen-bond acceptors (Lipinski definition) is 9. The summed E-state index contributed by atoms with van der Waals surface area (Å²) in [6.45, 7) is 0. The molecule has 1 aromatic carbocycles. The van der Waals surface area contributed by atoms with Gasteiger partial charge in [-0.2, -0.15) is 0 Å². The van der Waals surface area contributed by atoms with E-state index in [1.807, 2.05) is 0 Å². The van der Waals surface area contributed by atoms with Crippen molar-refractivity contribution in [2.45, 2.75) is 0 Å². The molecule has 0 bridgehead atoms. The molecule has 0 aliphatic carbocycles. The number of esters is 2. The second-order valence-electron chi connectivity index (χ2n) is 5.33. The van der Waals surface area contributed by atoms with Crippen LogP contribution >= 0.6 is 23.5 Å². The third-order valence-electron chi connectivity index (χ3n) is 3.88. The highest BCUT2D eigenvalue weighted by Gasteiger charge is 2.40. The predicted molar refractivity (Wildman–Crippen MR) is 99.7 cm³/mol. The van der Waals surface area contributed by atoms with Crippen LogP contribution in [-0.2, 0) is 23.9 Å². The van der Waals surface area contributed by atoms with Gasteiger partial charge in [-0.15, -0.1) is 0 Å². The molecule has 11 heteroatoms. The van der Waals surface area contributed by atoms with E-state index in [0.29, 0.717) is 15.5 Å². The van der Waals surface area contributed by atoms with Crippen LogP contribution in [-0.4, -0.2) is 44.0 Å². The van der Waals surface area contributed by atoms with E-state index in [4.69, 9.17) is 9.47 Å². The second-order valence-corrected chi connectivity index (χ2v) is 7.63. The first kappa shape index (κ1) is 19.0. The van der Waals surface area contributed by atoms with Crippen molar-refractivity contribution in [3.63, 3.8) is 0 Å². The summed E-state index contributed by atoms with van der Waals surface area (Å²) in [5.41, 5.74) is 0.881. The van der Waals surface area contributed by atoms with Crippen LogP contribution in [0.2, 0.25) is 0 Å². The van der Waals surface area contributed by atoms with Crippen molar-refractivity contribution in [1.29, 1.82) is 0 Å². The van der Waals surface area contributed by atoms with Gasteiger partial charge in [0.25, 0.3) is 11.6 Å². The molecular weight excluding hydrogens is 396 g/mol. The zero-order chi connectivity index (χ0) is 19.9. The number of methoxy groups -OCH3 is 2. The number of carbonyl (C=O) groups is 3. The first-order valence-corrected chi connectivity index (χ1v) is 9.01. The summed E-state index contributed by atoms with van der Waals surface area (Å²) in [4.78, 5) is 48.7. The van der Waals surface area contributed by atoms with Crippen molar-refractivity contribution < 1.29 is 28.8 Å². The monoisotopic (exact) mass is 408 g/mol. The Morgan fingerprint density at radius 2 is 1.67 bits per heavy atom. The molecule has 0 unspecified atom stereocenters. The lowest BCUT2D eigenvalue weighted by atomic mass is 10.1. The maximum atomic E-state index is 12.7. The van der Waals surface area contributed by atoms with Gasteiger partial charge < -0.3 is 14.4 Å². The smallest absolute Gasteiger partial charge is 0.346 e. The van der Waals surface area contributed by atoms with E-state index >= 15 is 0 Å². The molecule has 0 saturated carbocycles. The van der Waals surface area contributed by atoms with E-state index in [1.54, 1.807) is 7.05 Å². The third kappa shape index (κ3) is 3.08. The Balaban J connectivity index is 2.14. The normalized spacial score (nSPS) is 16.0. The number of amides is 1. The first-order chi connectivity index (χ1) is 12.8. The third-order valence-corrected chi connectivity index (χ3v) is 6.44. The number of benzene rings is 1. The summed E-state index contributed by atoms with van der Waals surface area (Å²) in [6.07, 6.45) is 0. The molecule has 0 aromatic heterocycles. The Kier molecular flexibility index (Phi) is 4.98. The molecular formula is C16H12N2O7S2. The minimum Gasteiger partial charge on any atom is -0.465 e. The van der Waals surface area contributed by atoms with Gasteiger partial charge in [-0.3, -0.25) is 14.9 Å². The van der Waals surface area contributed by atoms with Gasteiger partial charge >= 0.3 is 11.9 Å². The van der Waals surface area contributed by atoms with Crippen molar-refractivity contribution in [3.8, 4) is 0 Å². The van der Waals surface area contributed by atoms with E-state index in [0.717, 1.165) is 23.5 Å². The number of ether oxygens (including phenoxy) is 2. The average molecular weight is 408 g/mol. The molecule has 0 radical (unpaired) electrons. The van der Waals surface area contributed by atoms with Gasteiger partial charge in [0.2, 0.25) is 0 Å². The molecule has 3 rings (SSSR count). The van der Waals surface area contributed by atoms with Crippen LogP contribution in [0.25, 0.3) is 5.57 Å². The Morgan fingerprint density at radius 3 is 2.15 bits per heavy atom. The van der Waals surface area contributed by atoms with Crippen LogP contribution in [0.3, 0.4) is 0 Å². The quantitative estimate of drug-likeness (QED) is 0.321. The molecule has 2 heterocycles. The molecule has 27 heavy (non-hydrogen) atoms. The summed E-state index contributed by atoms with van der Waals surface area (Å²) in [7, 11) is 3.89. The van der Waals surface area contributed by atoms with E-state index in [9.17, 15) is 24.5 Å². The average Bonchev–Trinajstić information content (AvgIpc) is 3.20.